The number of hydrogen-bond donors (Lipinski definition) is 1. The molecule has 188 valence electrons. The summed E-state index contributed by atoms with van der Waals surface area (Å²) in [6.07, 6.45) is 3.31. The Labute approximate surface area is 227 Å². The zero-order valence-electron chi connectivity index (χ0n) is 19.9. The van der Waals surface area contributed by atoms with Gasteiger partial charge in [-0.1, -0.05) is 53.0 Å². The van der Waals surface area contributed by atoms with E-state index in [1.54, 1.807) is 47.1 Å². The molecule has 3 aromatic heterocycles. The highest BCUT2D eigenvalue weighted by Gasteiger charge is 2.18. The number of carbonyl (C=O) groups is 1. The normalized spacial score (nSPS) is 11.2. The molecular formula is C26H21Cl3N6O2. The molecule has 2 aromatic carbocycles. The van der Waals surface area contributed by atoms with Crippen LogP contribution in [0.4, 0.5) is 5.82 Å². The molecule has 11 heteroatoms. The van der Waals surface area contributed by atoms with E-state index in [0.717, 1.165) is 28.0 Å². The molecule has 1 amide bonds. The van der Waals surface area contributed by atoms with Crippen LogP contribution in [0.1, 0.15) is 11.3 Å². The number of aromatic nitrogens is 5. The van der Waals surface area contributed by atoms with Crippen LogP contribution in [0, 0.1) is 6.92 Å². The van der Waals surface area contributed by atoms with E-state index in [9.17, 15) is 4.79 Å². The van der Waals surface area contributed by atoms with Crippen molar-refractivity contribution >= 4 is 57.6 Å². The van der Waals surface area contributed by atoms with Crippen LogP contribution in [0.15, 0.2) is 60.9 Å². The Balaban J connectivity index is 1.36. The van der Waals surface area contributed by atoms with E-state index in [1.807, 2.05) is 37.3 Å². The Kier molecular flexibility index (Phi) is 7.06. The Morgan fingerprint density at radius 2 is 1.73 bits per heavy atom. The molecule has 0 fully saturated rings. The van der Waals surface area contributed by atoms with Crippen molar-refractivity contribution in [2.45, 2.75) is 20.0 Å². The quantitative estimate of drug-likeness (QED) is 0.256. The highest BCUT2D eigenvalue weighted by atomic mass is 35.5. The van der Waals surface area contributed by atoms with Crippen molar-refractivity contribution in [3.63, 3.8) is 0 Å². The van der Waals surface area contributed by atoms with Gasteiger partial charge in [-0.05, 0) is 48.4 Å². The van der Waals surface area contributed by atoms with E-state index < -0.39 is 0 Å². The first-order valence-corrected chi connectivity index (χ1v) is 12.4. The van der Waals surface area contributed by atoms with Gasteiger partial charge in [-0.25, -0.2) is 9.67 Å². The number of halogens is 3. The smallest absolute Gasteiger partial charge is 0.247 e. The van der Waals surface area contributed by atoms with E-state index in [1.165, 1.54) is 0 Å². The van der Waals surface area contributed by atoms with Crippen molar-refractivity contribution in [2.75, 3.05) is 12.4 Å². The van der Waals surface area contributed by atoms with Crippen molar-refractivity contribution in [3.05, 3.63) is 87.2 Å². The third kappa shape index (κ3) is 5.13. The van der Waals surface area contributed by atoms with Gasteiger partial charge < -0.3 is 10.1 Å². The van der Waals surface area contributed by atoms with E-state index in [-0.39, 0.29) is 23.3 Å². The molecule has 0 bridgehead atoms. The lowest BCUT2D eigenvalue weighted by Gasteiger charge is -2.07. The number of rotatable bonds is 7. The summed E-state index contributed by atoms with van der Waals surface area (Å²) < 4.78 is 8.40. The maximum atomic E-state index is 12.9. The standard InChI is InChI=1S/C26H21Cl3N6O2/c1-15-24-18(16-6-8-17(37-2)9-7-16)10-11-30-26(24)35(32-15)14-23(36)31-25-22(29)13-34(33-25)12-19-20(27)4-3-5-21(19)28/h3-11,13H,12,14H2,1-2H3,(H,31,33,36). The predicted molar refractivity (Wildman–Crippen MR) is 146 cm³/mol. The average Bonchev–Trinajstić information content (AvgIpc) is 3.39. The molecule has 0 aliphatic rings. The lowest BCUT2D eigenvalue weighted by Crippen LogP contribution is -2.20. The predicted octanol–water partition coefficient (Wildman–Crippen LogP) is 6.26. The number of aryl methyl sites for hydroxylation is 1. The van der Waals surface area contributed by atoms with Crippen LogP contribution in [0.5, 0.6) is 5.75 Å². The lowest BCUT2D eigenvalue weighted by molar-refractivity contribution is -0.116. The van der Waals surface area contributed by atoms with Gasteiger partial charge in [-0.2, -0.15) is 10.2 Å². The number of anilines is 1. The molecule has 8 nitrogen and oxygen atoms in total. The Morgan fingerprint density at radius 3 is 2.43 bits per heavy atom. The van der Waals surface area contributed by atoms with Crippen LogP contribution in [0.2, 0.25) is 15.1 Å². The molecule has 5 rings (SSSR count). The van der Waals surface area contributed by atoms with E-state index in [2.05, 4.69) is 20.5 Å². The third-order valence-corrected chi connectivity index (χ3v) is 6.84. The van der Waals surface area contributed by atoms with E-state index in [0.29, 0.717) is 27.8 Å². The van der Waals surface area contributed by atoms with Crippen LogP contribution in [-0.4, -0.2) is 37.6 Å². The van der Waals surface area contributed by atoms with Crippen LogP contribution in [0.25, 0.3) is 22.2 Å². The average molecular weight is 556 g/mol. The summed E-state index contributed by atoms with van der Waals surface area (Å²) in [6.45, 7) is 2.13. The zero-order chi connectivity index (χ0) is 26.1. The fraction of sp³-hybridized carbons (Fsp3) is 0.154. The number of nitrogens with zero attached hydrogens (tertiary/aromatic N) is 5. The highest BCUT2D eigenvalue weighted by Crippen LogP contribution is 2.31. The van der Waals surface area contributed by atoms with Gasteiger partial charge >= 0.3 is 0 Å². The number of carbonyl (C=O) groups excluding carboxylic acids is 1. The maximum Gasteiger partial charge on any atom is 0.247 e. The van der Waals surface area contributed by atoms with Crippen LogP contribution in [0.3, 0.4) is 0 Å². The van der Waals surface area contributed by atoms with Gasteiger partial charge in [0.1, 0.15) is 17.3 Å². The van der Waals surface area contributed by atoms with Gasteiger partial charge in [-0.3, -0.25) is 9.48 Å². The van der Waals surface area contributed by atoms with Crippen molar-refractivity contribution in [3.8, 4) is 16.9 Å². The number of nitrogens with one attached hydrogen (secondary N) is 1. The third-order valence-electron chi connectivity index (χ3n) is 5.86. The van der Waals surface area contributed by atoms with Gasteiger partial charge in [0.2, 0.25) is 5.91 Å². The Morgan fingerprint density at radius 1 is 1.00 bits per heavy atom. The second kappa shape index (κ2) is 10.4. The summed E-state index contributed by atoms with van der Waals surface area (Å²) >= 11 is 18.9. The summed E-state index contributed by atoms with van der Waals surface area (Å²) in [4.78, 5) is 17.4. The number of amides is 1. The van der Waals surface area contributed by atoms with Gasteiger partial charge in [0.25, 0.3) is 0 Å². The molecule has 0 radical (unpaired) electrons. The number of fused-ring (bicyclic) bond motifs is 1. The Hall–Kier alpha value is -3.59. The van der Waals surface area contributed by atoms with Gasteiger partial charge in [0, 0.05) is 33.4 Å². The maximum absolute atomic E-state index is 12.9. The summed E-state index contributed by atoms with van der Waals surface area (Å²) in [5.41, 5.74) is 4.04. The zero-order valence-corrected chi connectivity index (χ0v) is 22.1. The summed E-state index contributed by atoms with van der Waals surface area (Å²) in [5, 5.41) is 13.9. The molecule has 37 heavy (non-hydrogen) atoms. The fourth-order valence-electron chi connectivity index (χ4n) is 4.12. The van der Waals surface area contributed by atoms with Crippen molar-refractivity contribution in [1.29, 1.82) is 0 Å². The molecule has 0 unspecified atom stereocenters. The first kappa shape index (κ1) is 25.1. The SMILES string of the molecule is COc1ccc(-c2ccnc3c2c(C)nn3CC(=O)Nc2nn(Cc3c(Cl)cccc3Cl)cc2Cl)cc1. The molecule has 0 saturated carbocycles. The first-order chi connectivity index (χ1) is 17.8. The largest absolute Gasteiger partial charge is 0.497 e. The molecule has 0 spiro atoms. The molecular weight excluding hydrogens is 535 g/mol. The molecule has 1 N–H and O–H groups in total. The van der Waals surface area contributed by atoms with Gasteiger partial charge in [0.15, 0.2) is 11.5 Å². The topological polar surface area (TPSA) is 86.9 Å². The fourth-order valence-corrected chi connectivity index (χ4v) is 4.83. The van der Waals surface area contributed by atoms with Crippen molar-refractivity contribution in [2.24, 2.45) is 0 Å². The van der Waals surface area contributed by atoms with Crippen LogP contribution >= 0.6 is 34.8 Å². The molecule has 0 aliphatic heterocycles. The monoisotopic (exact) mass is 554 g/mol. The number of benzene rings is 2. The lowest BCUT2D eigenvalue weighted by atomic mass is 10.0. The number of hydrogen-bond acceptors (Lipinski definition) is 5. The van der Waals surface area contributed by atoms with Gasteiger partial charge in [0.05, 0.1) is 19.3 Å². The van der Waals surface area contributed by atoms with E-state index in [4.69, 9.17) is 39.5 Å². The second-order valence-electron chi connectivity index (χ2n) is 8.30. The first-order valence-electron chi connectivity index (χ1n) is 11.3. The molecule has 5 aromatic rings. The van der Waals surface area contributed by atoms with Crippen molar-refractivity contribution < 1.29 is 9.53 Å². The Bertz CT molecular complexity index is 1590. The summed E-state index contributed by atoms with van der Waals surface area (Å²) in [7, 11) is 1.63. The van der Waals surface area contributed by atoms with Crippen LogP contribution < -0.4 is 10.1 Å². The van der Waals surface area contributed by atoms with Crippen molar-refractivity contribution in [1.82, 2.24) is 24.5 Å². The molecule has 3 heterocycles. The van der Waals surface area contributed by atoms with Crippen LogP contribution in [-0.2, 0) is 17.9 Å². The number of pyridine rings is 1. The number of ether oxygens (including phenoxy) is 1. The summed E-state index contributed by atoms with van der Waals surface area (Å²) in [5.74, 6) is 0.660. The minimum atomic E-state index is -0.344. The summed E-state index contributed by atoms with van der Waals surface area (Å²) in [6, 6.07) is 15.0. The second-order valence-corrected chi connectivity index (χ2v) is 9.52. The molecule has 0 aliphatic carbocycles. The van der Waals surface area contributed by atoms with E-state index >= 15 is 0 Å². The number of methoxy groups -OCH3 is 1. The molecule has 0 atom stereocenters. The van der Waals surface area contributed by atoms with Gasteiger partial charge in [-0.15, -0.1) is 0 Å². The minimum Gasteiger partial charge on any atom is -0.497 e. The minimum absolute atomic E-state index is 0.0665. The molecule has 0 saturated heterocycles. The highest BCUT2D eigenvalue weighted by molar-refractivity contribution is 6.36.